The van der Waals surface area contributed by atoms with Crippen molar-refractivity contribution in [2.75, 3.05) is 0 Å². The van der Waals surface area contributed by atoms with Gasteiger partial charge >= 0.3 is 18.3 Å². The molecule has 0 N–H and O–H groups in total. The summed E-state index contributed by atoms with van der Waals surface area (Å²) in [4.78, 5) is 23.9. The zero-order chi connectivity index (χ0) is 20.5. The highest BCUT2D eigenvalue weighted by Gasteiger charge is 2.38. The maximum absolute atomic E-state index is 12.2. The molecule has 0 atom stereocenters. The van der Waals surface area contributed by atoms with Gasteiger partial charge in [0, 0.05) is 13.8 Å². The normalized spacial score (nSPS) is 16.2. The van der Waals surface area contributed by atoms with E-state index in [-0.39, 0.29) is 11.3 Å². The minimum absolute atomic E-state index is 0.222. The molecule has 1 aliphatic heterocycles. The van der Waals surface area contributed by atoms with Crippen molar-refractivity contribution in [3.63, 3.8) is 0 Å². The number of esters is 2. The van der Waals surface area contributed by atoms with Crippen LogP contribution in [0.3, 0.4) is 0 Å². The molecule has 0 spiro atoms. The molecular weight excluding hydrogens is 377 g/mol. The molecule has 0 radical (unpaired) electrons. The van der Waals surface area contributed by atoms with Crippen molar-refractivity contribution >= 4 is 18.0 Å². The van der Waals surface area contributed by atoms with Gasteiger partial charge in [-0.05, 0) is 34.9 Å². The Morgan fingerprint density at radius 3 is 1.79 bits per heavy atom. The molecule has 0 aromatic heterocycles. The van der Waals surface area contributed by atoms with Gasteiger partial charge in [-0.25, -0.2) is 9.59 Å². The first-order valence-corrected chi connectivity index (χ1v) is 8.17. The van der Waals surface area contributed by atoms with Crippen LogP contribution >= 0.6 is 0 Å². The second-order valence-corrected chi connectivity index (χ2v) is 6.43. The number of ether oxygens (including phenoxy) is 3. The van der Waals surface area contributed by atoms with E-state index in [0.717, 1.165) is 5.56 Å². The van der Waals surface area contributed by atoms with Crippen LogP contribution < -0.4 is 4.74 Å². The van der Waals surface area contributed by atoms with E-state index < -0.39 is 24.1 Å². The van der Waals surface area contributed by atoms with Gasteiger partial charge in [-0.15, -0.1) is 13.2 Å². The Balaban J connectivity index is 1.77. The van der Waals surface area contributed by atoms with Gasteiger partial charge < -0.3 is 14.2 Å². The van der Waals surface area contributed by atoms with Gasteiger partial charge in [-0.2, -0.15) is 0 Å². The summed E-state index contributed by atoms with van der Waals surface area (Å²) < 4.78 is 50.5. The Hall–Kier alpha value is -3.29. The predicted octanol–water partition coefficient (Wildman–Crippen LogP) is 4.47. The summed E-state index contributed by atoms with van der Waals surface area (Å²) in [7, 11) is 0. The third-order valence-corrected chi connectivity index (χ3v) is 3.76. The lowest BCUT2D eigenvalue weighted by Gasteiger charge is -2.29. The molecular formula is C20H15F3O5. The van der Waals surface area contributed by atoms with Gasteiger partial charge in [0.05, 0.1) is 0 Å². The van der Waals surface area contributed by atoms with Gasteiger partial charge in [0.1, 0.15) is 11.3 Å². The third kappa shape index (κ3) is 4.70. The summed E-state index contributed by atoms with van der Waals surface area (Å²) >= 11 is 0. The lowest BCUT2D eigenvalue weighted by molar-refractivity contribution is -0.274. The van der Waals surface area contributed by atoms with Crippen molar-refractivity contribution in [2.24, 2.45) is 0 Å². The molecule has 5 nitrogen and oxygen atoms in total. The standard InChI is InChI=1S/C20H15F3O5/c1-19(2)27-17(24)16(18(25)28-19)11-12-3-5-13(6-4-12)14-7-9-15(10-8-14)26-20(21,22)23/h3-11H,1-2H3. The minimum Gasteiger partial charge on any atom is -0.419 e. The van der Waals surface area contributed by atoms with E-state index in [1.807, 2.05) is 0 Å². The number of alkyl halides is 3. The lowest BCUT2D eigenvalue weighted by atomic mass is 10.0. The minimum atomic E-state index is -4.74. The number of rotatable bonds is 3. The number of carbonyl (C=O) groups is 2. The monoisotopic (exact) mass is 392 g/mol. The van der Waals surface area contributed by atoms with Crippen LogP contribution in [-0.4, -0.2) is 24.1 Å². The second kappa shape index (κ2) is 7.03. The van der Waals surface area contributed by atoms with Gasteiger partial charge in [0.25, 0.3) is 5.79 Å². The van der Waals surface area contributed by atoms with E-state index >= 15 is 0 Å². The zero-order valence-electron chi connectivity index (χ0n) is 14.9. The molecule has 8 heteroatoms. The van der Waals surface area contributed by atoms with Crippen molar-refractivity contribution in [1.82, 2.24) is 0 Å². The molecule has 0 bridgehead atoms. The highest BCUT2D eigenvalue weighted by Crippen LogP contribution is 2.28. The van der Waals surface area contributed by atoms with Crippen LogP contribution in [0.4, 0.5) is 13.2 Å². The van der Waals surface area contributed by atoms with Crippen LogP contribution in [-0.2, 0) is 19.1 Å². The SMILES string of the molecule is CC1(C)OC(=O)C(=Cc2ccc(-c3ccc(OC(F)(F)F)cc3)cc2)C(=O)O1. The number of halogens is 3. The highest BCUT2D eigenvalue weighted by atomic mass is 19.4. The van der Waals surface area contributed by atoms with Crippen molar-refractivity contribution in [3.05, 3.63) is 59.7 Å². The number of carbonyl (C=O) groups excluding carboxylic acids is 2. The summed E-state index contributed by atoms with van der Waals surface area (Å²) in [6, 6.07) is 12.1. The number of cyclic esters (lactones) is 2. The van der Waals surface area contributed by atoms with Gasteiger partial charge in [-0.1, -0.05) is 36.4 Å². The van der Waals surface area contributed by atoms with Gasteiger partial charge in [-0.3, -0.25) is 0 Å². The summed E-state index contributed by atoms with van der Waals surface area (Å²) in [6.07, 6.45) is -3.39. The molecule has 28 heavy (non-hydrogen) atoms. The van der Waals surface area contributed by atoms with Gasteiger partial charge in [0.15, 0.2) is 0 Å². The van der Waals surface area contributed by atoms with Crippen molar-refractivity contribution < 1.29 is 37.0 Å². The van der Waals surface area contributed by atoms with Crippen molar-refractivity contribution in [2.45, 2.75) is 26.0 Å². The Morgan fingerprint density at radius 2 is 1.32 bits per heavy atom. The average Bonchev–Trinajstić information content (AvgIpc) is 2.57. The summed E-state index contributed by atoms with van der Waals surface area (Å²) in [5, 5.41) is 0. The van der Waals surface area contributed by atoms with Crippen LogP contribution in [0, 0.1) is 0 Å². The fraction of sp³-hybridized carbons (Fsp3) is 0.200. The topological polar surface area (TPSA) is 61.8 Å². The maximum Gasteiger partial charge on any atom is 0.573 e. The van der Waals surface area contributed by atoms with Crippen LogP contribution in [0.1, 0.15) is 19.4 Å². The highest BCUT2D eigenvalue weighted by molar-refractivity contribution is 6.18. The second-order valence-electron chi connectivity index (χ2n) is 6.43. The van der Waals surface area contributed by atoms with Crippen LogP contribution in [0.25, 0.3) is 17.2 Å². The van der Waals surface area contributed by atoms with Crippen LogP contribution in [0.5, 0.6) is 5.75 Å². The number of benzene rings is 2. The molecule has 1 fully saturated rings. The molecule has 0 aliphatic carbocycles. The molecule has 0 unspecified atom stereocenters. The lowest BCUT2D eigenvalue weighted by Crippen LogP contribution is -2.41. The third-order valence-electron chi connectivity index (χ3n) is 3.76. The number of hydrogen-bond acceptors (Lipinski definition) is 5. The first-order chi connectivity index (χ1) is 13.0. The smallest absolute Gasteiger partial charge is 0.419 e. The summed E-state index contributed by atoms with van der Waals surface area (Å²) in [5.41, 5.74) is 1.74. The largest absolute Gasteiger partial charge is 0.573 e. The Morgan fingerprint density at radius 1 is 0.857 bits per heavy atom. The molecule has 2 aromatic carbocycles. The molecule has 0 amide bonds. The predicted molar refractivity (Wildman–Crippen MR) is 92.8 cm³/mol. The van der Waals surface area contributed by atoms with Crippen molar-refractivity contribution in [3.8, 4) is 16.9 Å². The molecule has 1 aliphatic rings. The maximum atomic E-state index is 12.2. The molecule has 1 saturated heterocycles. The quantitative estimate of drug-likeness (QED) is 0.438. The summed E-state index contributed by atoms with van der Waals surface area (Å²) in [5.74, 6) is -3.16. The zero-order valence-corrected chi connectivity index (χ0v) is 14.9. The van der Waals surface area contributed by atoms with Crippen LogP contribution in [0.15, 0.2) is 54.1 Å². The Labute approximate surface area is 158 Å². The van der Waals surface area contributed by atoms with E-state index in [1.165, 1.54) is 44.2 Å². The molecule has 1 heterocycles. The first-order valence-electron chi connectivity index (χ1n) is 8.17. The molecule has 0 saturated carbocycles. The van der Waals surface area contributed by atoms with Crippen molar-refractivity contribution in [1.29, 1.82) is 0 Å². The Bertz CT molecular complexity index is 904. The van der Waals surface area contributed by atoms with E-state index in [2.05, 4.69) is 4.74 Å². The molecule has 2 aromatic rings. The fourth-order valence-corrected chi connectivity index (χ4v) is 2.57. The Kier molecular flexibility index (Phi) is 4.89. The van der Waals surface area contributed by atoms with E-state index in [1.54, 1.807) is 24.3 Å². The van der Waals surface area contributed by atoms with E-state index in [4.69, 9.17) is 9.47 Å². The summed E-state index contributed by atoms with van der Waals surface area (Å²) in [6.45, 7) is 2.92. The molecule has 3 rings (SSSR count). The molecule has 146 valence electrons. The average molecular weight is 392 g/mol. The number of hydrogen-bond donors (Lipinski definition) is 0. The van der Waals surface area contributed by atoms with Crippen LogP contribution in [0.2, 0.25) is 0 Å². The fourth-order valence-electron chi connectivity index (χ4n) is 2.57. The van der Waals surface area contributed by atoms with E-state index in [0.29, 0.717) is 11.1 Å². The van der Waals surface area contributed by atoms with E-state index in [9.17, 15) is 22.8 Å². The van der Waals surface area contributed by atoms with Gasteiger partial charge in [0.2, 0.25) is 0 Å². The first kappa shape index (κ1) is 19.5.